The molecule has 2 aromatic carbocycles. The molecule has 1 N–H and O–H groups in total. The van der Waals surface area contributed by atoms with Gasteiger partial charge in [-0.3, -0.25) is 4.79 Å². The quantitative estimate of drug-likeness (QED) is 0.709. The third-order valence-electron chi connectivity index (χ3n) is 6.70. The number of benzene rings is 2. The van der Waals surface area contributed by atoms with Crippen LogP contribution in [0.3, 0.4) is 0 Å². The molecule has 1 saturated heterocycles. The van der Waals surface area contributed by atoms with Gasteiger partial charge >= 0.3 is 0 Å². The van der Waals surface area contributed by atoms with Gasteiger partial charge in [0.25, 0.3) is 0 Å². The molecular weight excluding hydrogens is 374 g/mol. The lowest BCUT2D eigenvalue weighted by Gasteiger charge is -2.35. The number of aromatic nitrogens is 2. The van der Waals surface area contributed by atoms with Crippen LogP contribution in [0, 0.1) is 5.92 Å². The van der Waals surface area contributed by atoms with E-state index in [4.69, 9.17) is 0 Å². The highest BCUT2D eigenvalue weighted by molar-refractivity contribution is 5.78. The van der Waals surface area contributed by atoms with E-state index in [0.29, 0.717) is 12.8 Å². The highest BCUT2D eigenvalue weighted by atomic mass is 16.3. The van der Waals surface area contributed by atoms with Gasteiger partial charge < -0.3 is 14.6 Å². The minimum Gasteiger partial charge on any atom is -0.393 e. The van der Waals surface area contributed by atoms with E-state index in [9.17, 15) is 9.90 Å². The molecule has 2 atom stereocenters. The number of carbonyl (C=O) groups excluding carboxylic acids is 1. The first-order chi connectivity index (χ1) is 14.7. The number of carbonyl (C=O) groups is 1. The fourth-order valence-electron chi connectivity index (χ4n) is 5.01. The summed E-state index contributed by atoms with van der Waals surface area (Å²) in [6.45, 7) is 1.45. The highest BCUT2D eigenvalue weighted by Crippen LogP contribution is 2.42. The molecule has 2 aliphatic rings. The van der Waals surface area contributed by atoms with Crippen LogP contribution in [0.25, 0.3) is 11.3 Å². The van der Waals surface area contributed by atoms with Crippen LogP contribution in [0.15, 0.2) is 67.1 Å². The number of imidazole rings is 1. The second-order valence-electron chi connectivity index (χ2n) is 8.47. The normalized spacial score (nSPS) is 19.4. The monoisotopic (exact) mass is 401 g/mol. The lowest BCUT2D eigenvalue weighted by atomic mass is 9.86. The molecule has 3 heterocycles. The maximum atomic E-state index is 12.6. The first kappa shape index (κ1) is 19.1. The SMILES string of the molecule is O=C(Cc1ccccc1)N1CCC([C@H](O)CC2c3ccccc3-c3cncn32)CC1. The molecule has 1 fully saturated rings. The van der Waals surface area contributed by atoms with Crippen molar-refractivity contribution in [3.8, 4) is 11.3 Å². The van der Waals surface area contributed by atoms with Crippen molar-refractivity contribution in [2.24, 2.45) is 5.92 Å². The molecule has 5 rings (SSSR count). The number of rotatable bonds is 5. The number of hydrogen-bond donors (Lipinski definition) is 1. The van der Waals surface area contributed by atoms with Gasteiger partial charge in [0.1, 0.15) is 0 Å². The van der Waals surface area contributed by atoms with E-state index in [1.807, 2.05) is 47.8 Å². The van der Waals surface area contributed by atoms with Gasteiger partial charge in [-0.25, -0.2) is 4.98 Å². The molecule has 0 spiro atoms. The molecule has 5 heteroatoms. The van der Waals surface area contributed by atoms with Crippen molar-refractivity contribution in [2.45, 2.75) is 37.8 Å². The number of aliphatic hydroxyl groups excluding tert-OH is 1. The number of piperidine rings is 1. The smallest absolute Gasteiger partial charge is 0.226 e. The first-order valence-electron chi connectivity index (χ1n) is 10.8. The average Bonchev–Trinajstić information content (AvgIpc) is 3.37. The minimum atomic E-state index is -0.386. The van der Waals surface area contributed by atoms with Crippen LogP contribution >= 0.6 is 0 Å². The highest BCUT2D eigenvalue weighted by Gasteiger charge is 2.33. The molecule has 1 unspecified atom stereocenters. The standard InChI is InChI=1S/C25H27N3O2/c29-24(15-22-20-8-4-5-9-21(20)23-16-26-17-28(22)23)19-10-12-27(13-11-19)25(30)14-18-6-2-1-3-7-18/h1-9,16-17,19,22,24,29H,10-15H2/t22?,24-/m1/s1. The molecular formula is C25H27N3O2. The Labute approximate surface area is 177 Å². The van der Waals surface area contributed by atoms with Gasteiger partial charge in [-0.15, -0.1) is 0 Å². The van der Waals surface area contributed by atoms with Crippen LogP contribution < -0.4 is 0 Å². The molecule has 154 valence electrons. The zero-order valence-corrected chi connectivity index (χ0v) is 17.0. The van der Waals surface area contributed by atoms with Crippen molar-refractivity contribution in [1.82, 2.24) is 14.5 Å². The van der Waals surface area contributed by atoms with Crippen LogP contribution in [-0.2, 0) is 11.2 Å². The van der Waals surface area contributed by atoms with Gasteiger partial charge in [-0.05, 0) is 36.3 Å². The van der Waals surface area contributed by atoms with Crippen LogP contribution in [0.5, 0.6) is 0 Å². The molecule has 0 radical (unpaired) electrons. The number of nitrogens with zero attached hydrogens (tertiary/aromatic N) is 3. The second kappa shape index (κ2) is 8.07. The first-order valence-corrected chi connectivity index (χ1v) is 10.8. The van der Waals surface area contributed by atoms with Gasteiger partial charge in [0.05, 0.1) is 36.8 Å². The van der Waals surface area contributed by atoms with E-state index in [-0.39, 0.29) is 24.0 Å². The van der Waals surface area contributed by atoms with Gasteiger partial charge in [-0.1, -0.05) is 54.6 Å². The summed E-state index contributed by atoms with van der Waals surface area (Å²) in [5.74, 6) is 0.410. The number of aliphatic hydroxyl groups is 1. The zero-order chi connectivity index (χ0) is 20.5. The second-order valence-corrected chi connectivity index (χ2v) is 8.47. The van der Waals surface area contributed by atoms with Crippen molar-refractivity contribution in [1.29, 1.82) is 0 Å². The number of likely N-dealkylation sites (tertiary alicyclic amines) is 1. The summed E-state index contributed by atoms with van der Waals surface area (Å²) in [4.78, 5) is 18.9. The maximum absolute atomic E-state index is 12.6. The molecule has 30 heavy (non-hydrogen) atoms. The molecule has 0 aliphatic carbocycles. The van der Waals surface area contributed by atoms with Crippen molar-refractivity contribution >= 4 is 5.91 Å². The third-order valence-corrected chi connectivity index (χ3v) is 6.70. The Morgan fingerprint density at radius 2 is 1.80 bits per heavy atom. The van der Waals surface area contributed by atoms with E-state index < -0.39 is 0 Å². The lowest BCUT2D eigenvalue weighted by Crippen LogP contribution is -2.42. The number of hydrogen-bond acceptors (Lipinski definition) is 3. The lowest BCUT2D eigenvalue weighted by molar-refractivity contribution is -0.132. The maximum Gasteiger partial charge on any atom is 0.226 e. The fourth-order valence-corrected chi connectivity index (χ4v) is 5.01. The number of amides is 1. The summed E-state index contributed by atoms with van der Waals surface area (Å²) >= 11 is 0. The topological polar surface area (TPSA) is 58.4 Å². The molecule has 0 bridgehead atoms. The summed E-state index contributed by atoms with van der Waals surface area (Å²) in [5.41, 5.74) is 4.67. The molecule has 1 aromatic heterocycles. The van der Waals surface area contributed by atoms with Gasteiger partial charge in [0.2, 0.25) is 5.91 Å². The van der Waals surface area contributed by atoms with Crippen molar-refractivity contribution < 1.29 is 9.90 Å². The number of fused-ring (bicyclic) bond motifs is 3. The Morgan fingerprint density at radius 1 is 1.07 bits per heavy atom. The molecule has 0 saturated carbocycles. The molecule has 5 nitrogen and oxygen atoms in total. The summed E-state index contributed by atoms with van der Waals surface area (Å²) in [6, 6.07) is 18.4. The molecule has 1 amide bonds. The van der Waals surface area contributed by atoms with Crippen LogP contribution in [0.4, 0.5) is 0 Å². The predicted molar refractivity (Wildman–Crippen MR) is 116 cm³/mol. The van der Waals surface area contributed by atoms with Crippen LogP contribution in [-0.4, -0.2) is 44.7 Å². The zero-order valence-electron chi connectivity index (χ0n) is 17.0. The summed E-state index contributed by atoms with van der Waals surface area (Å²) in [5, 5.41) is 11.0. The van der Waals surface area contributed by atoms with E-state index in [0.717, 1.165) is 37.2 Å². The van der Waals surface area contributed by atoms with E-state index in [1.54, 1.807) is 0 Å². The third kappa shape index (κ3) is 3.54. The van der Waals surface area contributed by atoms with Gasteiger partial charge in [0, 0.05) is 18.7 Å². The fraction of sp³-hybridized carbons (Fsp3) is 0.360. The molecule has 2 aliphatic heterocycles. The van der Waals surface area contributed by atoms with Crippen molar-refractivity contribution in [3.05, 3.63) is 78.2 Å². The van der Waals surface area contributed by atoms with Crippen molar-refractivity contribution in [3.63, 3.8) is 0 Å². The average molecular weight is 402 g/mol. The van der Waals surface area contributed by atoms with E-state index in [1.165, 1.54) is 11.1 Å². The predicted octanol–water partition coefficient (Wildman–Crippen LogP) is 3.69. The Hall–Kier alpha value is -2.92. The Morgan fingerprint density at radius 3 is 2.60 bits per heavy atom. The largest absolute Gasteiger partial charge is 0.393 e. The minimum absolute atomic E-state index is 0.131. The summed E-state index contributed by atoms with van der Waals surface area (Å²) in [6.07, 6.45) is 6.24. The summed E-state index contributed by atoms with van der Waals surface area (Å²) in [7, 11) is 0. The molecule has 3 aromatic rings. The van der Waals surface area contributed by atoms with Gasteiger partial charge in [0.15, 0.2) is 0 Å². The van der Waals surface area contributed by atoms with Crippen LogP contribution in [0.1, 0.15) is 36.4 Å². The Balaban J connectivity index is 1.20. The van der Waals surface area contributed by atoms with Gasteiger partial charge in [-0.2, -0.15) is 0 Å². The Bertz CT molecular complexity index is 1020. The Kier molecular flexibility index (Phi) is 5.13. The van der Waals surface area contributed by atoms with Crippen molar-refractivity contribution in [2.75, 3.05) is 13.1 Å². The van der Waals surface area contributed by atoms with E-state index in [2.05, 4.69) is 33.8 Å². The van der Waals surface area contributed by atoms with Crippen LogP contribution in [0.2, 0.25) is 0 Å². The van der Waals surface area contributed by atoms with E-state index >= 15 is 0 Å². The summed E-state index contributed by atoms with van der Waals surface area (Å²) < 4.78 is 2.19.